The van der Waals surface area contributed by atoms with Gasteiger partial charge in [-0.1, -0.05) is 30.3 Å². The van der Waals surface area contributed by atoms with Crippen LogP contribution in [-0.2, 0) is 6.42 Å². The SMILES string of the molecule is CNC1CC2CCC(C1)N2C(C)(C)CCc1ccccc1. The Labute approximate surface area is 129 Å². The third kappa shape index (κ3) is 3.17. The summed E-state index contributed by atoms with van der Waals surface area (Å²) in [7, 11) is 2.13. The maximum atomic E-state index is 3.51. The average Bonchev–Trinajstić information content (AvgIpc) is 2.78. The summed E-state index contributed by atoms with van der Waals surface area (Å²) >= 11 is 0. The van der Waals surface area contributed by atoms with Gasteiger partial charge >= 0.3 is 0 Å². The van der Waals surface area contributed by atoms with E-state index in [1.807, 2.05) is 0 Å². The normalized spacial score (nSPS) is 29.8. The maximum absolute atomic E-state index is 3.51. The summed E-state index contributed by atoms with van der Waals surface area (Å²) in [5.41, 5.74) is 1.79. The van der Waals surface area contributed by atoms with Gasteiger partial charge in [-0.15, -0.1) is 0 Å². The van der Waals surface area contributed by atoms with Crippen molar-refractivity contribution in [3.05, 3.63) is 35.9 Å². The molecule has 0 amide bonds. The molecule has 0 aliphatic carbocycles. The second-order valence-electron chi connectivity index (χ2n) is 7.55. The van der Waals surface area contributed by atoms with E-state index in [0.29, 0.717) is 5.54 Å². The van der Waals surface area contributed by atoms with Crippen LogP contribution in [0.25, 0.3) is 0 Å². The van der Waals surface area contributed by atoms with Gasteiger partial charge in [-0.2, -0.15) is 0 Å². The fourth-order valence-electron chi connectivity index (χ4n) is 4.63. The van der Waals surface area contributed by atoms with Crippen LogP contribution in [0.4, 0.5) is 0 Å². The van der Waals surface area contributed by atoms with E-state index in [1.54, 1.807) is 0 Å². The van der Waals surface area contributed by atoms with Gasteiger partial charge in [0.25, 0.3) is 0 Å². The Morgan fingerprint density at radius 1 is 1.10 bits per heavy atom. The zero-order valence-corrected chi connectivity index (χ0v) is 13.8. The zero-order chi connectivity index (χ0) is 14.9. The van der Waals surface area contributed by atoms with Gasteiger partial charge in [0.2, 0.25) is 0 Å². The molecule has 1 aromatic rings. The molecule has 0 aromatic heterocycles. The molecule has 2 aliphatic heterocycles. The highest BCUT2D eigenvalue weighted by molar-refractivity contribution is 5.15. The van der Waals surface area contributed by atoms with Gasteiger partial charge in [-0.25, -0.2) is 0 Å². The van der Waals surface area contributed by atoms with Crippen LogP contribution >= 0.6 is 0 Å². The second kappa shape index (κ2) is 6.10. The number of piperidine rings is 1. The van der Waals surface area contributed by atoms with Crippen molar-refractivity contribution in [3.8, 4) is 0 Å². The molecule has 0 spiro atoms. The van der Waals surface area contributed by atoms with Gasteiger partial charge in [0.15, 0.2) is 0 Å². The lowest BCUT2D eigenvalue weighted by Gasteiger charge is -2.48. The number of hydrogen-bond donors (Lipinski definition) is 1. The Balaban J connectivity index is 1.65. The van der Waals surface area contributed by atoms with Crippen molar-refractivity contribution in [1.82, 2.24) is 10.2 Å². The fourth-order valence-corrected chi connectivity index (χ4v) is 4.63. The first-order valence-electron chi connectivity index (χ1n) is 8.60. The number of hydrogen-bond acceptors (Lipinski definition) is 2. The topological polar surface area (TPSA) is 15.3 Å². The summed E-state index contributed by atoms with van der Waals surface area (Å²) in [6, 6.07) is 13.3. The minimum atomic E-state index is 0.320. The van der Waals surface area contributed by atoms with E-state index in [4.69, 9.17) is 0 Å². The van der Waals surface area contributed by atoms with Crippen LogP contribution in [-0.4, -0.2) is 35.6 Å². The lowest BCUT2D eigenvalue weighted by atomic mass is 9.87. The molecule has 116 valence electrons. The Morgan fingerprint density at radius 3 is 2.29 bits per heavy atom. The van der Waals surface area contributed by atoms with E-state index in [9.17, 15) is 0 Å². The minimum absolute atomic E-state index is 0.320. The van der Waals surface area contributed by atoms with Crippen LogP contribution in [0.2, 0.25) is 0 Å². The van der Waals surface area contributed by atoms with Gasteiger partial charge in [0, 0.05) is 23.7 Å². The zero-order valence-electron chi connectivity index (χ0n) is 13.8. The van der Waals surface area contributed by atoms with E-state index < -0.39 is 0 Å². The van der Waals surface area contributed by atoms with Gasteiger partial charge in [-0.05, 0) is 65.0 Å². The number of nitrogens with zero attached hydrogens (tertiary/aromatic N) is 1. The van der Waals surface area contributed by atoms with E-state index in [1.165, 1.54) is 44.1 Å². The van der Waals surface area contributed by atoms with E-state index >= 15 is 0 Å². The van der Waals surface area contributed by atoms with Crippen LogP contribution in [0.15, 0.2) is 30.3 Å². The highest BCUT2D eigenvalue weighted by Gasteiger charge is 2.46. The van der Waals surface area contributed by atoms with Gasteiger partial charge in [-0.3, -0.25) is 4.90 Å². The monoisotopic (exact) mass is 286 g/mol. The Hall–Kier alpha value is -0.860. The molecule has 2 nitrogen and oxygen atoms in total. The summed E-state index contributed by atoms with van der Waals surface area (Å²) in [4.78, 5) is 2.86. The number of nitrogens with one attached hydrogen (secondary N) is 1. The Bertz CT molecular complexity index is 440. The highest BCUT2D eigenvalue weighted by Crippen LogP contribution is 2.41. The smallest absolute Gasteiger partial charge is 0.0162 e. The van der Waals surface area contributed by atoms with E-state index in [2.05, 4.69) is 61.4 Å². The molecule has 2 heterocycles. The van der Waals surface area contributed by atoms with Crippen LogP contribution in [0.3, 0.4) is 0 Å². The molecule has 2 aliphatic rings. The molecule has 2 bridgehead atoms. The number of fused-ring (bicyclic) bond motifs is 2. The predicted molar refractivity (Wildman–Crippen MR) is 89.6 cm³/mol. The number of aryl methyl sites for hydroxylation is 1. The molecule has 1 aromatic carbocycles. The lowest BCUT2D eigenvalue weighted by molar-refractivity contribution is 0.0167. The summed E-state index contributed by atoms with van der Waals surface area (Å²) in [5.74, 6) is 0. The van der Waals surface area contributed by atoms with Crippen LogP contribution in [0.1, 0.15) is 51.5 Å². The van der Waals surface area contributed by atoms with Crippen molar-refractivity contribution in [2.75, 3.05) is 7.05 Å². The van der Waals surface area contributed by atoms with E-state index in [0.717, 1.165) is 18.1 Å². The first-order chi connectivity index (χ1) is 10.1. The molecular formula is C19H30N2. The molecule has 2 unspecified atom stereocenters. The second-order valence-corrected chi connectivity index (χ2v) is 7.55. The minimum Gasteiger partial charge on any atom is -0.317 e. The number of benzene rings is 1. The molecular weight excluding hydrogens is 256 g/mol. The molecule has 21 heavy (non-hydrogen) atoms. The van der Waals surface area contributed by atoms with Crippen molar-refractivity contribution in [2.45, 2.75) is 76.0 Å². The van der Waals surface area contributed by atoms with Gasteiger partial charge in [0.05, 0.1) is 0 Å². The molecule has 0 saturated carbocycles. The van der Waals surface area contributed by atoms with E-state index in [-0.39, 0.29) is 0 Å². The third-order valence-corrected chi connectivity index (χ3v) is 5.71. The summed E-state index contributed by atoms with van der Waals surface area (Å²) in [6.07, 6.45) is 7.92. The molecule has 3 rings (SSSR count). The quantitative estimate of drug-likeness (QED) is 0.889. The maximum Gasteiger partial charge on any atom is 0.0162 e. The molecule has 2 fully saturated rings. The highest BCUT2D eigenvalue weighted by atomic mass is 15.3. The first-order valence-corrected chi connectivity index (χ1v) is 8.60. The largest absolute Gasteiger partial charge is 0.317 e. The predicted octanol–water partition coefficient (Wildman–Crippen LogP) is 3.61. The summed E-state index contributed by atoms with van der Waals surface area (Å²) in [5, 5.41) is 3.51. The van der Waals surface area contributed by atoms with Gasteiger partial charge < -0.3 is 5.32 Å². The standard InChI is InChI=1S/C19H30N2/c1-19(2,12-11-15-7-5-4-6-8-15)21-17-9-10-18(21)14-16(13-17)20-3/h4-8,16-18,20H,9-14H2,1-3H3. The van der Waals surface area contributed by atoms with Gasteiger partial charge in [0.1, 0.15) is 0 Å². The average molecular weight is 286 g/mol. The third-order valence-electron chi connectivity index (χ3n) is 5.71. The molecule has 2 heteroatoms. The van der Waals surface area contributed by atoms with Crippen LogP contribution < -0.4 is 5.32 Å². The first kappa shape index (κ1) is 15.1. The summed E-state index contributed by atoms with van der Waals surface area (Å²) in [6.45, 7) is 4.92. The fraction of sp³-hybridized carbons (Fsp3) is 0.684. The Morgan fingerprint density at radius 2 is 1.71 bits per heavy atom. The van der Waals surface area contributed by atoms with Crippen molar-refractivity contribution >= 4 is 0 Å². The lowest BCUT2D eigenvalue weighted by Crippen LogP contribution is -2.57. The van der Waals surface area contributed by atoms with Crippen molar-refractivity contribution in [2.24, 2.45) is 0 Å². The molecule has 2 atom stereocenters. The molecule has 2 saturated heterocycles. The van der Waals surface area contributed by atoms with Crippen LogP contribution in [0.5, 0.6) is 0 Å². The molecule has 1 N–H and O–H groups in total. The number of rotatable bonds is 5. The summed E-state index contributed by atoms with van der Waals surface area (Å²) < 4.78 is 0. The van der Waals surface area contributed by atoms with Crippen molar-refractivity contribution in [1.29, 1.82) is 0 Å². The van der Waals surface area contributed by atoms with Crippen LogP contribution in [0, 0.1) is 0 Å². The van der Waals surface area contributed by atoms with Crippen molar-refractivity contribution in [3.63, 3.8) is 0 Å². The Kier molecular flexibility index (Phi) is 4.37. The van der Waals surface area contributed by atoms with Crippen molar-refractivity contribution < 1.29 is 0 Å². The molecule has 0 radical (unpaired) electrons.